The van der Waals surface area contributed by atoms with Crippen LogP contribution in [0, 0.1) is 13.8 Å². The molecule has 0 aliphatic heterocycles. The van der Waals surface area contributed by atoms with Gasteiger partial charge in [0.25, 0.3) is 0 Å². The Hall–Kier alpha value is -1.67. The summed E-state index contributed by atoms with van der Waals surface area (Å²) in [5, 5.41) is 18.1. The highest BCUT2D eigenvalue weighted by Gasteiger charge is 1.94. The SMILES string of the molecule is CC.CC.Cc1ccc(O)c(Cl)c1.Cc1ccc(O)cc1. The molecule has 0 atom stereocenters. The molecule has 3 heteroatoms. The first-order valence-corrected chi connectivity index (χ1v) is 7.57. The normalized spacial score (nSPS) is 8.14. The molecule has 0 heterocycles. The highest BCUT2D eigenvalue weighted by Crippen LogP contribution is 2.22. The number of aryl methyl sites for hydroxylation is 2. The number of aromatic hydroxyl groups is 2. The molecule has 0 aliphatic rings. The number of rotatable bonds is 0. The van der Waals surface area contributed by atoms with E-state index in [1.165, 1.54) is 5.56 Å². The summed E-state index contributed by atoms with van der Waals surface area (Å²) in [4.78, 5) is 0. The first-order valence-electron chi connectivity index (χ1n) is 7.20. The molecule has 2 aromatic rings. The van der Waals surface area contributed by atoms with Crippen LogP contribution in [-0.4, -0.2) is 10.2 Å². The van der Waals surface area contributed by atoms with Gasteiger partial charge in [-0.1, -0.05) is 63.1 Å². The van der Waals surface area contributed by atoms with Gasteiger partial charge in [0.05, 0.1) is 5.02 Å². The van der Waals surface area contributed by atoms with Crippen molar-refractivity contribution in [2.45, 2.75) is 41.5 Å². The number of benzene rings is 2. The smallest absolute Gasteiger partial charge is 0.134 e. The maximum Gasteiger partial charge on any atom is 0.134 e. The number of halogens is 1. The Morgan fingerprint density at radius 1 is 0.714 bits per heavy atom. The highest BCUT2D eigenvalue weighted by molar-refractivity contribution is 6.32. The summed E-state index contributed by atoms with van der Waals surface area (Å²) >= 11 is 5.56. The summed E-state index contributed by atoms with van der Waals surface area (Å²) in [7, 11) is 0. The van der Waals surface area contributed by atoms with Crippen LogP contribution in [-0.2, 0) is 0 Å². The zero-order chi connectivity index (χ0) is 16.8. The predicted molar refractivity (Wildman–Crippen MR) is 93.4 cm³/mol. The Morgan fingerprint density at radius 2 is 1.14 bits per heavy atom. The third-order valence-corrected chi connectivity index (χ3v) is 2.44. The molecule has 0 bridgehead atoms. The summed E-state index contributed by atoms with van der Waals surface area (Å²) in [5.41, 5.74) is 2.22. The van der Waals surface area contributed by atoms with Gasteiger partial charge in [-0.15, -0.1) is 0 Å². The van der Waals surface area contributed by atoms with Gasteiger partial charge in [-0.3, -0.25) is 0 Å². The van der Waals surface area contributed by atoms with Crippen molar-refractivity contribution in [2.24, 2.45) is 0 Å². The summed E-state index contributed by atoms with van der Waals surface area (Å²) in [6.07, 6.45) is 0. The van der Waals surface area contributed by atoms with Gasteiger partial charge >= 0.3 is 0 Å². The average molecular weight is 311 g/mol. The van der Waals surface area contributed by atoms with Crippen molar-refractivity contribution in [3.8, 4) is 11.5 Å². The molecule has 2 rings (SSSR count). The molecule has 0 unspecified atom stereocenters. The van der Waals surface area contributed by atoms with Crippen LogP contribution in [0.5, 0.6) is 11.5 Å². The van der Waals surface area contributed by atoms with Crippen molar-refractivity contribution in [3.63, 3.8) is 0 Å². The highest BCUT2D eigenvalue weighted by atomic mass is 35.5. The molecule has 118 valence electrons. The minimum Gasteiger partial charge on any atom is -0.508 e. The van der Waals surface area contributed by atoms with Gasteiger partial charge in [0.1, 0.15) is 11.5 Å². The van der Waals surface area contributed by atoms with E-state index in [1.54, 1.807) is 30.3 Å². The fourth-order valence-electron chi connectivity index (χ4n) is 1.16. The topological polar surface area (TPSA) is 40.5 Å². The van der Waals surface area contributed by atoms with Crippen molar-refractivity contribution in [1.29, 1.82) is 0 Å². The van der Waals surface area contributed by atoms with Crippen LogP contribution in [0.4, 0.5) is 0 Å². The Kier molecular flexibility index (Phi) is 13.7. The van der Waals surface area contributed by atoms with Crippen LogP contribution in [0.25, 0.3) is 0 Å². The number of phenolic OH excluding ortho intramolecular Hbond substituents is 2. The fraction of sp³-hybridized carbons (Fsp3) is 0.333. The van der Waals surface area contributed by atoms with E-state index in [9.17, 15) is 0 Å². The molecule has 0 fully saturated rings. The van der Waals surface area contributed by atoms with E-state index in [4.69, 9.17) is 21.8 Å². The van der Waals surface area contributed by atoms with E-state index in [2.05, 4.69) is 0 Å². The Balaban J connectivity index is 0. The molecule has 0 radical (unpaired) electrons. The fourth-order valence-corrected chi connectivity index (χ4v) is 1.39. The third-order valence-electron chi connectivity index (χ3n) is 2.14. The Labute approximate surface area is 134 Å². The van der Waals surface area contributed by atoms with Crippen LogP contribution in [0.3, 0.4) is 0 Å². The zero-order valence-electron chi connectivity index (χ0n) is 13.8. The zero-order valence-corrected chi connectivity index (χ0v) is 14.6. The lowest BCUT2D eigenvalue weighted by Crippen LogP contribution is -1.70. The first kappa shape index (κ1) is 21.6. The molecule has 2 nitrogen and oxygen atoms in total. The standard InChI is InChI=1S/C7H7ClO.C7H8O.2C2H6/c1-5-2-3-7(9)6(8)4-5;1-6-2-4-7(8)5-3-6;2*1-2/h2-4,9H,1H3;2-5,8H,1H3;2*1-2H3. The second kappa shape index (κ2) is 13.3. The molecule has 0 amide bonds. The van der Waals surface area contributed by atoms with Crippen LogP contribution >= 0.6 is 11.6 Å². The lowest BCUT2D eigenvalue weighted by atomic mass is 10.2. The molecule has 2 N–H and O–H groups in total. The van der Waals surface area contributed by atoms with E-state index in [0.717, 1.165) is 5.56 Å². The molecule has 0 saturated heterocycles. The molecule has 0 aromatic heterocycles. The van der Waals surface area contributed by atoms with E-state index < -0.39 is 0 Å². The molecular formula is C18H27ClO2. The second-order valence-corrected chi connectivity index (χ2v) is 4.20. The van der Waals surface area contributed by atoms with E-state index >= 15 is 0 Å². The van der Waals surface area contributed by atoms with Gasteiger partial charge in [-0.25, -0.2) is 0 Å². The largest absolute Gasteiger partial charge is 0.508 e. The van der Waals surface area contributed by atoms with E-state index in [0.29, 0.717) is 10.8 Å². The van der Waals surface area contributed by atoms with Crippen molar-refractivity contribution in [3.05, 3.63) is 58.6 Å². The molecule has 0 saturated carbocycles. The first-order chi connectivity index (χ1) is 9.99. The quantitative estimate of drug-likeness (QED) is 0.616. The van der Waals surface area contributed by atoms with E-state index in [1.807, 2.05) is 53.7 Å². The maximum atomic E-state index is 8.91. The number of hydrogen-bond acceptors (Lipinski definition) is 2. The molecular weight excluding hydrogens is 284 g/mol. The van der Waals surface area contributed by atoms with Crippen molar-refractivity contribution < 1.29 is 10.2 Å². The minimum atomic E-state index is 0.141. The second-order valence-electron chi connectivity index (χ2n) is 3.79. The number of hydrogen-bond donors (Lipinski definition) is 2. The maximum absolute atomic E-state index is 8.91. The molecule has 21 heavy (non-hydrogen) atoms. The lowest BCUT2D eigenvalue weighted by Gasteiger charge is -1.95. The molecule has 2 aromatic carbocycles. The average Bonchev–Trinajstić information content (AvgIpc) is 2.51. The van der Waals surface area contributed by atoms with Gasteiger partial charge in [0, 0.05) is 0 Å². The van der Waals surface area contributed by atoms with E-state index in [-0.39, 0.29) is 5.75 Å². The van der Waals surface area contributed by atoms with Crippen LogP contribution < -0.4 is 0 Å². The Bertz CT molecular complexity index is 458. The van der Waals surface area contributed by atoms with Crippen LogP contribution in [0.2, 0.25) is 5.02 Å². The lowest BCUT2D eigenvalue weighted by molar-refractivity contribution is 0.475. The van der Waals surface area contributed by atoms with Gasteiger partial charge in [0.2, 0.25) is 0 Å². The van der Waals surface area contributed by atoms with Gasteiger partial charge in [-0.2, -0.15) is 0 Å². The summed E-state index contributed by atoms with van der Waals surface area (Å²) in [6, 6.07) is 12.2. The summed E-state index contributed by atoms with van der Waals surface area (Å²) in [6.45, 7) is 11.9. The van der Waals surface area contributed by atoms with Gasteiger partial charge in [-0.05, 0) is 43.7 Å². The third kappa shape index (κ3) is 10.7. The minimum absolute atomic E-state index is 0.141. The van der Waals surface area contributed by atoms with Crippen molar-refractivity contribution in [1.82, 2.24) is 0 Å². The van der Waals surface area contributed by atoms with Crippen molar-refractivity contribution >= 4 is 11.6 Å². The van der Waals surface area contributed by atoms with Crippen LogP contribution in [0.15, 0.2) is 42.5 Å². The van der Waals surface area contributed by atoms with Crippen molar-refractivity contribution in [2.75, 3.05) is 0 Å². The monoisotopic (exact) mass is 310 g/mol. The summed E-state index contributed by atoms with van der Waals surface area (Å²) in [5.74, 6) is 0.470. The van der Waals surface area contributed by atoms with Gasteiger partial charge < -0.3 is 10.2 Å². The summed E-state index contributed by atoms with van der Waals surface area (Å²) < 4.78 is 0. The molecule has 0 spiro atoms. The predicted octanol–water partition coefficient (Wildman–Crippen LogP) is 6.11. The number of phenols is 2. The van der Waals surface area contributed by atoms with Crippen LogP contribution in [0.1, 0.15) is 38.8 Å². The molecule has 0 aliphatic carbocycles. The van der Waals surface area contributed by atoms with Gasteiger partial charge in [0.15, 0.2) is 0 Å². The Morgan fingerprint density at radius 3 is 1.48 bits per heavy atom.